The van der Waals surface area contributed by atoms with E-state index in [1.165, 1.54) is 45.3 Å². The number of hydrogen-bond acceptors (Lipinski definition) is 3. The molecule has 5 nitrogen and oxygen atoms in total. The van der Waals surface area contributed by atoms with E-state index in [0.29, 0.717) is 6.04 Å². The summed E-state index contributed by atoms with van der Waals surface area (Å²) in [7, 11) is 0. The van der Waals surface area contributed by atoms with Crippen molar-refractivity contribution >= 4 is 17.4 Å². The summed E-state index contributed by atoms with van der Waals surface area (Å²) >= 11 is 0. The van der Waals surface area contributed by atoms with Gasteiger partial charge < -0.3 is 21.3 Å². The maximum Gasteiger partial charge on any atom is 0.316 e. The molecule has 5 heteroatoms. The van der Waals surface area contributed by atoms with Crippen molar-refractivity contribution in [3.8, 4) is 0 Å². The number of benzene rings is 1. The maximum absolute atomic E-state index is 10.8. The average molecular weight is 290 g/mol. The number of amides is 2. The van der Waals surface area contributed by atoms with E-state index in [1.54, 1.807) is 0 Å². The molecular formula is C16H26N4O. The normalized spacial score (nSPS) is 19.8. The van der Waals surface area contributed by atoms with Crippen LogP contribution in [0.3, 0.4) is 0 Å². The monoisotopic (exact) mass is 290 g/mol. The first-order valence-electron chi connectivity index (χ1n) is 7.83. The third-order valence-electron chi connectivity index (χ3n) is 3.88. The third-order valence-corrected chi connectivity index (χ3v) is 3.88. The first-order valence-corrected chi connectivity index (χ1v) is 7.83. The van der Waals surface area contributed by atoms with Gasteiger partial charge in [-0.2, -0.15) is 0 Å². The van der Waals surface area contributed by atoms with Gasteiger partial charge in [0.15, 0.2) is 0 Å². The molecular weight excluding hydrogens is 264 g/mol. The fourth-order valence-corrected chi connectivity index (χ4v) is 2.87. The zero-order valence-electron chi connectivity index (χ0n) is 12.8. The first-order chi connectivity index (χ1) is 10.2. The summed E-state index contributed by atoms with van der Waals surface area (Å²) in [5.74, 6) is 0. The Balaban J connectivity index is 1.85. The van der Waals surface area contributed by atoms with Gasteiger partial charge in [-0.15, -0.1) is 0 Å². The number of carbonyl (C=O) groups is 1. The highest BCUT2D eigenvalue weighted by Crippen LogP contribution is 2.19. The van der Waals surface area contributed by atoms with E-state index >= 15 is 0 Å². The minimum absolute atomic E-state index is 0.529. The van der Waals surface area contributed by atoms with Crippen LogP contribution in [0.2, 0.25) is 0 Å². The van der Waals surface area contributed by atoms with Crippen molar-refractivity contribution < 1.29 is 4.79 Å². The Hall–Kier alpha value is -1.75. The van der Waals surface area contributed by atoms with Crippen LogP contribution in [0.5, 0.6) is 0 Å². The van der Waals surface area contributed by atoms with Gasteiger partial charge in [-0.25, -0.2) is 4.79 Å². The maximum atomic E-state index is 10.8. The van der Waals surface area contributed by atoms with Crippen LogP contribution in [0.15, 0.2) is 24.3 Å². The Bertz CT molecular complexity index is 446. The minimum atomic E-state index is -0.532. The second-order valence-electron chi connectivity index (χ2n) is 5.68. The number of nitrogens with one attached hydrogen (secondary N) is 2. The molecule has 4 N–H and O–H groups in total. The Labute approximate surface area is 126 Å². The standard InChI is InChI=1S/C16H26N4O/c1-2-10-20-11-3-4-13(9-12-20)18-14-5-7-15(8-6-14)19-16(17)21/h5-8,13,18H,2-4,9-12H2,1H3,(H3,17,19,21). The smallest absolute Gasteiger partial charge is 0.316 e. The van der Waals surface area contributed by atoms with Crippen molar-refractivity contribution in [1.29, 1.82) is 0 Å². The van der Waals surface area contributed by atoms with Gasteiger partial charge in [0, 0.05) is 24.0 Å². The molecule has 1 heterocycles. The molecule has 116 valence electrons. The summed E-state index contributed by atoms with van der Waals surface area (Å²) in [6.07, 6.45) is 4.87. The molecule has 1 atom stereocenters. The number of carbonyl (C=O) groups excluding carboxylic acids is 1. The molecule has 0 aliphatic carbocycles. The topological polar surface area (TPSA) is 70.4 Å². The molecule has 1 aromatic carbocycles. The molecule has 0 radical (unpaired) electrons. The van der Waals surface area contributed by atoms with E-state index in [2.05, 4.69) is 22.5 Å². The van der Waals surface area contributed by atoms with Crippen LogP contribution in [-0.2, 0) is 0 Å². The second kappa shape index (κ2) is 7.88. The fraction of sp³-hybridized carbons (Fsp3) is 0.562. The molecule has 1 unspecified atom stereocenters. The second-order valence-corrected chi connectivity index (χ2v) is 5.68. The lowest BCUT2D eigenvalue weighted by Crippen LogP contribution is -2.27. The first kappa shape index (κ1) is 15.6. The van der Waals surface area contributed by atoms with Crippen molar-refractivity contribution in [2.75, 3.05) is 30.3 Å². The van der Waals surface area contributed by atoms with E-state index in [0.717, 1.165) is 11.4 Å². The quantitative estimate of drug-likeness (QED) is 0.781. The molecule has 1 fully saturated rings. The Morgan fingerprint density at radius 2 is 1.95 bits per heavy atom. The van der Waals surface area contributed by atoms with Gasteiger partial charge in [-0.3, -0.25) is 0 Å². The number of rotatable bonds is 5. The van der Waals surface area contributed by atoms with Crippen LogP contribution in [0.25, 0.3) is 0 Å². The molecule has 2 rings (SSSR count). The predicted molar refractivity (Wildman–Crippen MR) is 87.6 cm³/mol. The molecule has 21 heavy (non-hydrogen) atoms. The van der Waals surface area contributed by atoms with Crippen LogP contribution in [-0.4, -0.2) is 36.6 Å². The molecule has 0 bridgehead atoms. The van der Waals surface area contributed by atoms with Crippen molar-refractivity contribution in [3.63, 3.8) is 0 Å². The predicted octanol–water partition coefficient (Wildman–Crippen LogP) is 2.85. The Kier molecular flexibility index (Phi) is 5.87. The summed E-state index contributed by atoms with van der Waals surface area (Å²) in [6.45, 7) is 5.84. The molecule has 1 aromatic rings. The molecule has 1 aliphatic rings. The van der Waals surface area contributed by atoms with Crippen LogP contribution < -0.4 is 16.4 Å². The molecule has 1 saturated heterocycles. The number of hydrogen-bond donors (Lipinski definition) is 3. The largest absolute Gasteiger partial charge is 0.382 e. The van der Waals surface area contributed by atoms with Gasteiger partial charge in [0.25, 0.3) is 0 Å². The van der Waals surface area contributed by atoms with Crippen LogP contribution in [0.1, 0.15) is 32.6 Å². The number of anilines is 2. The fourth-order valence-electron chi connectivity index (χ4n) is 2.87. The summed E-state index contributed by atoms with van der Waals surface area (Å²) in [6, 6.07) is 7.71. The summed E-state index contributed by atoms with van der Waals surface area (Å²) in [5.41, 5.74) is 6.92. The van der Waals surface area contributed by atoms with Gasteiger partial charge >= 0.3 is 6.03 Å². The number of urea groups is 1. The molecule has 0 aromatic heterocycles. The van der Waals surface area contributed by atoms with E-state index < -0.39 is 6.03 Å². The third kappa shape index (κ3) is 5.27. The zero-order chi connectivity index (χ0) is 15.1. The average Bonchev–Trinajstić information content (AvgIpc) is 2.67. The van der Waals surface area contributed by atoms with Crippen LogP contribution in [0.4, 0.5) is 16.2 Å². The van der Waals surface area contributed by atoms with E-state index in [1.807, 2.05) is 24.3 Å². The highest BCUT2D eigenvalue weighted by Gasteiger charge is 2.16. The van der Waals surface area contributed by atoms with E-state index in [-0.39, 0.29) is 0 Å². The minimum Gasteiger partial charge on any atom is -0.382 e. The van der Waals surface area contributed by atoms with Crippen molar-refractivity contribution in [3.05, 3.63) is 24.3 Å². The number of likely N-dealkylation sites (tertiary alicyclic amines) is 1. The molecule has 0 spiro atoms. The molecule has 2 amide bonds. The summed E-state index contributed by atoms with van der Waals surface area (Å²) in [4.78, 5) is 13.3. The molecule has 1 aliphatic heterocycles. The van der Waals surface area contributed by atoms with Gasteiger partial charge in [0.2, 0.25) is 0 Å². The van der Waals surface area contributed by atoms with E-state index in [4.69, 9.17) is 5.73 Å². The highest BCUT2D eigenvalue weighted by molar-refractivity contribution is 5.87. The van der Waals surface area contributed by atoms with Gasteiger partial charge in [0.1, 0.15) is 0 Å². The number of nitrogens with two attached hydrogens (primary N) is 1. The zero-order valence-corrected chi connectivity index (χ0v) is 12.8. The van der Waals surface area contributed by atoms with Crippen molar-refractivity contribution in [1.82, 2.24) is 4.90 Å². The van der Waals surface area contributed by atoms with Crippen LogP contribution >= 0.6 is 0 Å². The van der Waals surface area contributed by atoms with Crippen molar-refractivity contribution in [2.45, 2.75) is 38.6 Å². The lowest BCUT2D eigenvalue weighted by atomic mass is 10.1. The lowest BCUT2D eigenvalue weighted by molar-refractivity contribution is 0.259. The van der Waals surface area contributed by atoms with Crippen LogP contribution in [0, 0.1) is 0 Å². The molecule has 0 saturated carbocycles. The summed E-state index contributed by atoms with van der Waals surface area (Å²) in [5, 5.41) is 6.16. The highest BCUT2D eigenvalue weighted by atomic mass is 16.2. The SMILES string of the molecule is CCCN1CCCC(Nc2ccc(NC(N)=O)cc2)CC1. The number of nitrogens with zero attached hydrogens (tertiary/aromatic N) is 1. The number of primary amides is 1. The van der Waals surface area contributed by atoms with Gasteiger partial charge in [-0.05, 0) is 63.0 Å². The van der Waals surface area contributed by atoms with Gasteiger partial charge in [0.05, 0.1) is 0 Å². The van der Waals surface area contributed by atoms with Crippen molar-refractivity contribution in [2.24, 2.45) is 5.73 Å². The van der Waals surface area contributed by atoms with Gasteiger partial charge in [-0.1, -0.05) is 6.92 Å². The van der Waals surface area contributed by atoms with E-state index in [9.17, 15) is 4.79 Å². The summed E-state index contributed by atoms with van der Waals surface area (Å²) < 4.78 is 0. The Morgan fingerprint density at radius 1 is 1.24 bits per heavy atom. The Morgan fingerprint density at radius 3 is 2.62 bits per heavy atom. The lowest BCUT2D eigenvalue weighted by Gasteiger charge is -2.20.